The molecule has 2 unspecified atom stereocenters. The van der Waals surface area contributed by atoms with Gasteiger partial charge in [0.25, 0.3) is 0 Å². The average molecular weight is 919 g/mol. The molecule has 0 saturated heterocycles. The number of carbonyl (C=O) groups excluding carboxylic acids is 5. The second-order valence-electron chi connectivity index (χ2n) is 14.2. The monoisotopic (exact) mass is 918 g/mol. The van der Waals surface area contributed by atoms with Crippen LogP contribution in [0.25, 0.3) is 0 Å². The minimum Gasteiger partial charge on any atom is -0.481 e. The summed E-state index contributed by atoms with van der Waals surface area (Å²) in [6.07, 6.45) is -0.265. The summed E-state index contributed by atoms with van der Waals surface area (Å²) < 4.78 is 13.7. The van der Waals surface area contributed by atoms with Crippen molar-refractivity contribution in [1.29, 1.82) is 0 Å². The largest absolute Gasteiger partial charge is 0.481 e. The van der Waals surface area contributed by atoms with E-state index in [1.807, 2.05) is 10.6 Å². The Balaban J connectivity index is 2.76. The molecule has 0 fully saturated rings. The molecule has 5 atom stereocenters. The Hall–Kier alpha value is -7.16. The lowest BCUT2D eigenvalue weighted by atomic mass is 10.1. The number of urea groups is 2. The number of aromatic nitrogens is 3. The van der Waals surface area contributed by atoms with E-state index >= 15 is 0 Å². The molecule has 0 saturated carbocycles. The Morgan fingerprint density at radius 3 is 1.41 bits per heavy atom. The number of amides is 7. The Morgan fingerprint density at radius 1 is 0.531 bits per heavy atom. The molecule has 0 aliphatic carbocycles. The van der Waals surface area contributed by atoms with Gasteiger partial charge in [0.15, 0.2) is 0 Å². The van der Waals surface area contributed by atoms with Gasteiger partial charge in [0.1, 0.15) is 36.8 Å². The molecule has 0 aliphatic heterocycles. The molecule has 27 nitrogen and oxygen atoms in total. The van der Waals surface area contributed by atoms with Gasteiger partial charge in [-0.1, -0.05) is 5.21 Å². The first-order chi connectivity index (χ1) is 30.2. The maximum Gasteiger partial charge on any atom is 0.326 e. The Labute approximate surface area is 363 Å². The van der Waals surface area contributed by atoms with Crippen LogP contribution in [0.4, 0.5) is 14.0 Å². The smallest absolute Gasteiger partial charge is 0.326 e. The van der Waals surface area contributed by atoms with Crippen molar-refractivity contribution in [3.05, 3.63) is 11.9 Å². The average Bonchev–Trinajstić information content (AvgIpc) is 3.66. The fourth-order valence-electron chi connectivity index (χ4n) is 5.59. The summed E-state index contributed by atoms with van der Waals surface area (Å²) in [4.78, 5) is 131. The van der Waals surface area contributed by atoms with E-state index in [1.165, 1.54) is 10.9 Å². The zero-order valence-corrected chi connectivity index (χ0v) is 34.6. The number of hydrogen-bond acceptors (Lipinski definition) is 13. The first-order valence-corrected chi connectivity index (χ1v) is 20.0. The molecule has 0 radical (unpaired) electrons. The number of hydrogen-bond donors (Lipinski definition) is 13. The normalized spacial score (nSPS) is 13.1. The van der Waals surface area contributed by atoms with E-state index in [9.17, 15) is 77.6 Å². The van der Waals surface area contributed by atoms with Crippen molar-refractivity contribution in [2.24, 2.45) is 0 Å². The van der Waals surface area contributed by atoms with Crippen molar-refractivity contribution in [2.75, 3.05) is 19.8 Å². The Bertz CT molecular complexity index is 1780. The van der Waals surface area contributed by atoms with Crippen LogP contribution in [0, 0.1) is 0 Å². The number of unbranched alkanes of at least 4 members (excludes halogenated alkanes) is 2. The van der Waals surface area contributed by atoms with Crippen LogP contribution in [0.3, 0.4) is 0 Å². The highest BCUT2D eigenvalue weighted by Gasteiger charge is 2.27. The van der Waals surface area contributed by atoms with Gasteiger partial charge in [-0.2, -0.15) is 0 Å². The van der Waals surface area contributed by atoms with E-state index in [1.54, 1.807) is 0 Å². The Kier molecular flexibility index (Phi) is 25.7. The summed E-state index contributed by atoms with van der Waals surface area (Å²) in [5.74, 6) is -10.5. The van der Waals surface area contributed by atoms with Crippen molar-refractivity contribution in [3.8, 4) is 0 Å². The van der Waals surface area contributed by atoms with Gasteiger partial charge in [0.2, 0.25) is 17.7 Å². The van der Waals surface area contributed by atoms with E-state index in [-0.39, 0.29) is 83.8 Å². The SMILES string of the molecule is O=C(O)CCC(NC(=O)N[C@@H](CCCCNC(=O)CC[C@H](NC(=O)Cn1cc(CCCF)nn1)C(=O)NCCCC[C@H](NC(=O)NC(CCC(=O)O)C(=O)O)C(=O)O)C(=O)O)C(=O)O. The zero-order chi connectivity index (χ0) is 48.2. The third-order valence-corrected chi connectivity index (χ3v) is 8.94. The number of aryl methyl sites for hydroxylation is 1. The molecule has 0 spiro atoms. The molecule has 358 valence electrons. The molecule has 13 N–H and O–H groups in total. The van der Waals surface area contributed by atoms with Crippen molar-refractivity contribution >= 4 is 65.6 Å². The van der Waals surface area contributed by atoms with Gasteiger partial charge >= 0.3 is 47.9 Å². The summed E-state index contributed by atoms with van der Waals surface area (Å²) in [6, 6.07) is -9.69. The van der Waals surface area contributed by atoms with E-state index in [0.29, 0.717) is 5.69 Å². The van der Waals surface area contributed by atoms with Crippen LogP contribution in [0.15, 0.2) is 6.20 Å². The maximum atomic E-state index is 13.2. The van der Waals surface area contributed by atoms with Crippen molar-refractivity contribution in [3.63, 3.8) is 0 Å². The van der Waals surface area contributed by atoms with E-state index in [0.717, 1.165) is 0 Å². The van der Waals surface area contributed by atoms with Gasteiger partial charge < -0.3 is 67.9 Å². The first-order valence-electron chi connectivity index (χ1n) is 20.0. The van der Waals surface area contributed by atoms with Gasteiger partial charge in [-0.15, -0.1) is 5.10 Å². The number of carboxylic acids is 6. The fraction of sp³-hybridized carbons (Fsp3) is 0.639. The molecule has 0 bridgehead atoms. The molecule has 1 rings (SSSR count). The van der Waals surface area contributed by atoms with E-state index < -0.39 is 128 Å². The standard InChI is InChI=1S/C36H55FN10O17/c37-15-5-6-20-18-47(46-45-20)19-27(49)40-21(30(54)39-17-4-2-8-23(32(57)58)42-36(64)44-25(34(61)62)11-14-29(52)53)9-12-26(48)38-16-3-1-7-22(31(55)56)41-35(63)43-24(33(59)60)10-13-28(50)51/h18,21-25H,1-17,19H2,(H,38,48)(H,39,54)(H,40,49)(H,50,51)(H,52,53)(H,55,56)(H,57,58)(H,59,60)(H,61,62)(H2,41,43,63)(H2,42,44,64)/t21-,22-,23-,24?,25?/m0/s1. The van der Waals surface area contributed by atoms with Crippen LogP contribution in [-0.2, 0) is 56.1 Å². The highest BCUT2D eigenvalue weighted by atomic mass is 19.1. The number of halogens is 1. The number of alkyl halides is 1. The molecule has 1 heterocycles. The van der Waals surface area contributed by atoms with Crippen LogP contribution in [0.5, 0.6) is 0 Å². The highest BCUT2D eigenvalue weighted by molar-refractivity contribution is 5.89. The minimum atomic E-state index is -1.60. The van der Waals surface area contributed by atoms with Gasteiger partial charge in [-0.05, 0) is 70.6 Å². The summed E-state index contributed by atoms with van der Waals surface area (Å²) >= 11 is 0. The molecule has 28 heteroatoms. The lowest BCUT2D eigenvalue weighted by Gasteiger charge is -2.19. The second kappa shape index (κ2) is 30.0. The molecule has 64 heavy (non-hydrogen) atoms. The van der Waals surface area contributed by atoms with Gasteiger partial charge in [-0.3, -0.25) is 28.4 Å². The Morgan fingerprint density at radius 2 is 0.969 bits per heavy atom. The zero-order valence-electron chi connectivity index (χ0n) is 34.6. The van der Waals surface area contributed by atoms with Crippen LogP contribution < -0.4 is 37.2 Å². The molecule has 1 aromatic rings. The van der Waals surface area contributed by atoms with Crippen LogP contribution >= 0.6 is 0 Å². The van der Waals surface area contributed by atoms with Gasteiger partial charge in [-0.25, -0.2) is 33.4 Å². The second-order valence-corrected chi connectivity index (χ2v) is 14.2. The predicted molar refractivity (Wildman–Crippen MR) is 212 cm³/mol. The molecule has 0 aromatic carbocycles. The third-order valence-electron chi connectivity index (χ3n) is 8.94. The number of aliphatic carboxylic acids is 6. The number of rotatable bonds is 34. The number of nitrogens with zero attached hydrogens (tertiary/aromatic N) is 3. The number of carboxylic acid groups (broad SMARTS) is 6. The maximum absolute atomic E-state index is 13.2. The minimum absolute atomic E-state index is 0.0343. The van der Waals surface area contributed by atoms with Crippen LogP contribution in [-0.4, -0.2) is 161 Å². The fourth-order valence-corrected chi connectivity index (χ4v) is 5.59. The van der Waals surface area contributed by atoms with E-state index in [4.69, 9.17) is 10.2 Å². The predicted octanol–water partition coefficient (Wildman–Crippen LogP) is -1.84. The summed E-state index contributed by atoms with van der Waals surface area (Å²) in [6.45, 7) is -0.987. The lowest BCUT2D eigenvalue weighted by Crippen LogP contribution is -2.51. The van der Waals surface area contributed by atoms with Crippen LogP contribution in [0.1, 0.15) is 89.2 Å². The van der Waals surface area contributed by atoms with Gasteiger partial charge in [0, 0.05) is 38.5 Å². The van der Waals surface area contributed by atoms with Crippen molar-refractivity contribution in [1.82, 2.24) is 52.2 Å². The topological polar surface area (TPSA) is 424 Å². The van der Waals surface area contributed by atoms with E-state index in [2.05, 4.69) is 36.9 Å². The molecule has 7 amide bonds. The third kappa shape index (κ3) is 24.3. The molecule has 1 aromatic heterocycles. The summed E-state index contributed by atoms with van der Waals surface area (Å²) in [7, 11) is 0. The first kappa shape index (κ1) is 54.9. The summed E-state index contributed by atoms with van der Waals surface area (Å²) in [5.41, 5.74) is 0.427. The van der Waals surface area contributed by atoms with Crippen LogP contribution in [0.2, 0.25) is 0 Å². The van der Waals surface area contributed by atoms with Crippen molar-refractivity contribution < 1.29 is 87.8 Å². The molecule has 0 aliphatic rings. The highest BCUT2D eigenvalue weighted by Crippen LogP contribution is 2.07. The molecular formula is C36H55FN10O17. The number of nitrogens with one attached hydrogen (secondary N) is 7. The summed E-state index contributed by atoms with van der Waals surface area (Å²) in [5, 5.41) is 78.6. The number of carbonyl (C=O) groups is 11. The quantitative estimate of drug-likeness (QED) is 0.0338. The van der Waals surface area contributed by atoms with Crippen molar-refractivity contribution in [2.45, 2.75) is 127 Å². The lowest BCUT2D eigenvalue weighted by molar-refractivity contribution is -0.142. The molecular weight excluding hydrogens is 863 g/mol. The van der Waals surface area contributed by atoms with Gasteiger partial charge in [0.05, 0.1) is 12.4 Å².